The van der Waals surface area contributed by atoms with E-state index >= 15 is 0 Å². The summed E-state index contributed by atoms with van der Waals surface area (Å²) in [5, 5.41) is 10.3. The van der Waals surface area contributed by atoms with Crippen molar-refractivity contribution in [3.63, 3.8) is 0 Å². The Balaban J connectivity index is 2.31. The molecule has 0 atom stereocenters. The number of imidazole rings is 1. The van der Waals surface area contributed by atoms with Crippen LogP contribution in [0.4, 0.5) is 5.82 Å². The molecule has 1 aliphatic rings. The lowest BCUT2D eigenvalue weighted by Crippen LogP contribution is -2.24. The first-order valence-corrected chi connectivity index (χ1v) is 7.62. The van der Waals surface area contributed by atoms with E-state index in [0.29, 0.717) is 30.4 Å². The topological polar surface area (TPSA) is 85.7 Å². The number of hydrogen-bond donors (Lipinski definition) is 2. The highest BCUT2D eigenvalue weighted by atomic mass is 16.5. The average Bonchev–Trinajstić information content (AvgIpc) is 2.77. The van der Waals surface area contributed by atoms with Gasteiger partial charge in [-0.15, -0.1) is 0 Å². The summed E-state index contributed by atoms with van der Waals surface area (Å²) in [4.78, 5) is 8.98. The summed E-state index contributed by atoms with van der Waals surface area (Å²) in [6.07, 6.45) is 6.40. The van der Waals surface area contributed by atoms with Crippen molar-refractivity contribution in [2.45, 2.75) is 45.6 Å². The number of rotatable bonds is 4. The quantitative estimate of drug-likeness (QED) is 0.902. The van der Waals surface area contributed by atoms with E-state index in [2.05, 4.69) is 16.0 Å². The number of nitrogen functional groups attached to an aromatic ring is 1. The SMILES string of the molecule is CCOc1nc2c(N)nc3c(n2c1CC(C)(C)O)C=CCC3. The first kappa shape index (κ1) is 14.8. The van der Waals surface area contributed by atoms with Gasteiger partial charge in [0, 0.05) is 6.42 Å². The first-order chi connectivity index (χ1) is 10.4. The van der Waals surface area contributed by atoms with Crippen molar-refractivity contribution >= 4 is 17.5 Å². The van der Waals surface area contributed by atoms with E-state index in [1.54, 1.807) is 13.8 Å². The maximum atomic E-state index is 10.3. The van der Waals surface area contributed by atoms with Crippen LogP contribution in [0.15, 0.2) is 6.08 Å². The van der Waals surface area contributed by atoms with Crippen LogP contribution in [-0.2, 0) is 12.8 Å². The number of fused-ring (bicyclic) bond motifs is 3. The van der Waals surface area contributed by atoms with Crippen molar-refractivity contribution in [2.24, 2.45) is 0 Å². The molecule has 0 amide bonds. The van der Waals surface area contributed by atoms with E-state index in [0.717, 1.165) is 29.9 Å². The van der Waals surface area contributed by atoms with Gasteiger partial charge in [-0.1, -0.05) is 6.08 Å². The molecule has 1 aliphatic carbocycles. The summed E-state index contributed by atoms with van der Waals surface area (Å²) in [6.45, 7) is 5.97. The van der Waals surface area contributed by atoms with Gasteiger partial charge in [0.05, 0.1) is 29.3 Å². The molecule has 0 spiro atoms. The van der Waals surface area contributed by atoms with Gasteiger partial charge in [0.15, 0.2) is 11.5 Å². The number of ether oxygens (including phenoxy) is 1. The van der Waals surface area contributed by atoms with E-state index in [4.69, 9.17) is 10.5 Å². The van der Waals surface area contributed by atoms with Crippen LogP contribution in [0, 0.1) is 0 Å². The van der Waals surface area contributed by atoms with E-state index in [9.17, 15) is 5.11 Å². The maximum absolute atomic E-state index is 10.3. The summed E-state index contributed by atoms with van der Waals surface area (Å²) in [7, 11) is 0. The van der Waals surface area contributed by atoms with Crippen molar-refractivity contribution in [3.05, 3.63) is 23.2 Å². The van der Waals surface area contributed by atoms with E-state index in [1.165, 1.54) is 0 Å². The Hall–Kier alpha value is -2.08. The second-order valence-electron chi connectivity index (χ2n) is 6.21. The van der Waals surface area contributed by atoms with Crippen LogP contribution in [0.3, 0.4) is 0 Å². The predicted octanol–water partition coefficient (Wildman–Crippen LogP) is 1.98. The molecule has 22 heavy (non-hydrogen) atoms. The molecule has 0 bridgehead atoms. The van der Waals surface area contributed by atoms with Crippen molar-refractivity contribution in [1.82, 2.24) is 14.4 Å². The maximum Gasteiger partial charge on any atom is 0.236 e. The van der Waals surface area contributed by atoms with Gasteiger partial charge in [0.1, 0.15) is 0 Å². The van der Waals surface area contributed by atoms with Crippen molar-refractivity contribution < 1.29 is 9.84 Å². The molecular weight excluding hydrogens is 280 g/mol. The third kappa shape index (κ3) is 2.54. The average molecular weight is 302 g/mol. The van der Waals surface area contributed by atoms with E-state index in [1.807, 2.05) is 17.4 Å². The van der Waals surface area contributed by atoms with Crippen LogP contribution >= 0.6 is 0 Å². The monoisotopic (exact) mass is 302 g/mol. The molecule has 0 aromatic carbocycles. The summed E-state index contributed by atoms with van der Waals surface area (Å²) in [5.41, 5.74) is 8.58. The van der Waals surface area contributed by atoms with Gasteiger partial charge in [-0.2, -0.15) is 4.98 Å². The number of aliphatic hydroxyl groups is 1. The Bertz CT molecular complexity index is 741. The zero-order valence-corrected chi connectivity index (χ0v) is 13.3. The number of aromatic nitrogens is 3. The summed E-state index contributed by atoms with van der Waals surface area (Å²) in [5.74, 6) is 0.919. The summed E-state index contributed by atoms with van der Waals surface area (Å²) in [6, 6.07) is 0. The summed E-state index contributed by atoms with van der Waals surface area (Å²) >= 11 is 0. The second kappa shape index (κ2) is 5.28. The molecule has 0 saturated carbocycles. The smallest absolute Gasteiger partial charge is 0.236 e. The number of aryl methyl sites for hydroxylation is 1. The van der Waals surface area contributed by atoms with Crippen LogP contribution in [-0.4, -0.2) is 31.7 Å². The number of nitrogens with two attached hydrogens (primary N) is 1. The third-order valence-electron chi connectivity index (χ3n) is 3.66. The van der Waals surface area contributed by atoms with Crippen LogP contribution in [0.5, 0.6) is 5.88 Å². The Morgan fingerprint density at radius 3 is 2.86 bits per heavy atom. The highest BCUT2D eigenvalue weighted by Gasteiger charge is 2.26. The third-order valence-corrected chi connectivity index (χ3v) is 3.66. The highest BCUT2D eigenvalue weighted by Crippen LogP contribution is 2.31. The van der Waals surface area contributed by atoms with E-state index < -0.39 is 5.60 Å². The van der Waals surface area contributed by atoms with Gasteiger partial charge >= 0.3 is 0 Å². The molecule has 3 N–H and O–H groups in total. The Kier molecular flexibility index (Phi) is 3.56. The Morgan fingerprint density at radius 1 is 1.41 bits per heavy atom. The fourth-order valence-corrected chi connectivity index (χ4v) is 2.83. The van der Waals surface area contributed by atoms with Gasteiger partial charge in [-0.05, 0) is 39.7 Å². The lowest BCUT2D eigenvalue weighted by atomic mass is 10.0. The van der Waals surface area contributed by atoms with Crippen molar-refractivity contribution in [1.29, 1.82) is 0 Å². The Morgan fingerprint density at radius 2 is 2.18 bits per heavy atom. The molecular formula is C16H22N4O2. The lowest BCUT2D eigenvalue weighted by Gasteiger charge is -2.19. The van der Waals surface area contributed by atoms with Crippen LogP contribution in [0.1, 0.15) is 44.3 Å². The molecule has 3 rings (SSSR count). The largest absolute Gasteiger partial charge is 0.477 e. The van der Waals surface area contributed by atoms with Gasteiger partial charge in [-0.3, -0.25) is 4.40 Å². The molecule has 6 nitrogen and oxygen atoms in total. The molecule has 0 aliphatic heterocycles. The standard InChI is InChI=1S/C16H22N4O2/c1-4-22-15-12(9-16(2,3)21)20-11-8-6-5-7-10(11)18-13(17)14(20)19-15/h6,8,21H,4-5,7,9H2,1-3H3,(H2,17,18). The number of hydrogen-bond acceptors (Lipinski definition) is 5. The molecule has 0 unspecified atom stereocenters. The normalized spacial score (nSPS) is 14.4. The van der Waals surface area contributed by atoms with Gasteiger partial charge in [0.25, 0.3) is 0 Å². The van der Waals surface area contributed by atoms with E-state index in [-0.39, 0.29) is 0 Å². The predicted molar refractivity (Wildman–Crippen MR) is 85.9 cm³/mol. The molecule has 118 valence electrons. The highest BCUT2D eigenvalue weighted by molar-refractivity contribution is 5.68. The number of allylic oxidation sites excluding steroid dienone is 1. The lowest BCUT2D eigenvalue weighted by molar-refractivity contribution is 0.0787. The fraction of sp³-hybridized carbons (Fsp3) is 0.500. The minimum Gasteiger partial charge on any atom is -0.477 e. The van der Waals surface area contributed by atoms with Gasteiger partial charge in [0.2, 0.25) is 5.88 Å². The zero-order valence-electron chi connectivity index (χ0n) is 13.3. The molecule has 2 heterocycles. The first-order valence-electron chi connectivity index (χ1n) is 7.62. The molecule has 0 saturated heterocycles. The number of nitrogens with zero attached hydrogens (tertiary/aromatic N) is 3. The second-order valence-corrected chi connectivity index (χ2v) is 6.21. The molecule has 2 aromatic rings. The molecule has 6 heteroatoms. The van der Waals surface area contributed by atoms with Gasteiger partial charge in [-0.25, -0.2) is 4.98 Å². The Labute approximate surface area is 129 Å². The number of anilines is 1. The molecule has 0 fully saturated rings. The van der Waals surface area contributed by atoms with Crippen molar-refractivity contribution in [3.8, 4) is 5.88 Å². The fourth-order valence-electron chi connectivity index (χ4n) is 2.83. The zero-order chi connectivity index (χ0) is 15.9. The minimum absolute atomic E-state index is 0.400. The minimum atomic E-state index is -0.870. The summed E-state index contributed by atoms with van der Waals surface area (Å²) < 4.78 is 7.65. The van der Waals surface area contributed by atoms with Gasteiger partial charge < -0.3 is 15.6 Å². The van der Waals surface area contributed by atoms with Crippen LogP contribution < -0.4 is 10.5 Å². The van der Waals surface area contributed by atoms with Crippen LogP contribution in [0.2, 0.25) is 0 Å². The molecule has 2 aromatic heterocycles. The molecule has 0 radical (unpaired) electrons. The van der Waals surface area contributed by atoms with Crippen LogP contribution in [0.25, 0.3) is 11.7 Å². The van der Waals surface area contributed by atoms with Crippen molar-refractivity contribution in [2.75, 3.05) is 12.3 Å².